The molecular weight excluding hydrogens is 234 g/mol. The van der Waals surface area contributed by atoms with Crippen molar-refractivity contribution in [2.75, 3.05) is 5.32 Å². The van der Waals surface area contributed by atoms with Gasteiger partial charge in [0.25, 0.3) is 0 Å². The first-order valence-electron chi connectivity index (χ1n) is 5.38. The standard InChI is InChI=1S/C12H13N3OS/c1-3-10(16)11-8(2)14-12(17-11)15-9-4-6-13-7-5-9/h4-7H,3H2,1-2H3,(H,13,14,15). The number of anilines is 2. The van der Waals surface area contributed by atoms with Crippen molar-refractivity contribution in [3.05, 3.63) is 35.1 Å². The molecule has 0 aliphatic heterocycles. The molecule has 0 saturated carbocycles. The van der Waals surface area contributed by atoms with E-state index in [0.29, 0.717) is 6.42 Å². The van der Waals surface area contributed by atoms with Crippen LogP contribution in [0.4, 0.5) is 10.8 Å². The SMILES string of the molecule is CCC(=O)c1sc(Nc2ccncc2)nc1C. The second kappa shape index (κ2) is 5.05. The number of hydrogen-bond acceptors (Lipinski definition) is 5. The number of aromatic nitrogens is 2. The average Bonchev–Trinajstić information content (AvgIpc) is 2.70. The topological polar surface area (TPSA) is 54.9 Å². The smallest absolute Gasteiger partial charge is 0.188 e. The fourth-order valence-corrected chi connectivity index (χ4v) is 2.42. The molecular formula is C12H13N3OS. The number of thiazole rings is 1. The highest BCUT2D eigenvalue weighted by molar-refractivity contribution is 7.17. The monoisotopic (exact) mass is 247 g/mol. The number of rotatable bonds is 4. The predicted molar refractivity (Wildman–Crippen MR) is 69.0 cm³/mol. The van der Waals surface area contributed by atoms with Gasteiger partial charge in [-0.2, -0.15) is 0 Å². The summed E-state index contributed by atoms with van der Waals surface area (Å²) >= 11 is 1.39. The highest BCUT2D eigenvalue weighted by Crippen LogP contribution is 2.26. The summed E-state index contributed by atoms with van der Waals surface area (Å²) in [4.78, 5) is 20.7. The number of carbonyl (C=O) groups is 1. The summed E-state index contributed by atoms with van der Waals surface area (Å²) in [5.41, 5.74) is 1.71. The van der Waals surface area contributed by atoms with Gasteiger partial charge >= 0.3 is 0 Å². The van der Waals surface area contributed by atoms with E-state index >= 15 is 0 Å². The summed E-state index contributed by atoms with van der Waals surface area (Å²) in [5.74, 6) is 0.141. The molecule has 0 unspecified atom stereocenters. The molecule has 0 spiro atoms. The number of Topliss-reactive ketones (excluding diaryl/α,β-unsaturated/α-hetero) is 1. The first kappa shape index (κ1) is 11.7. The third kappa shape index (κ3) is 2.68. The molecule has 0 saturated heterocycles. The van der Waals surface area contributed by atoms with Crippen LogP contribution >= 0.6 is 11.3 Å². The number of pyridine rings is 1. The van der Waals surface area contributed by atoms with Crippen molar-refractivity contribution in [1.82, 2.24) is 9.97 Å². The number of ketones is 1. The maximum Gasteiger partial charge on any atom is 0.188 e. The molecule has 17 heavy (non-hydrogen) atoms. The lowest BCUT2D eigenvalue weighted by molar-refractivity contribution is 0.0991. The van der Waals surface area contributed by atoms with E-state index < -0.39 is 0 Å². The molecule has 0 radical (unpaired) electrons. The summed E-state index contributed by atoms with van der Waals surface area (Å²) < 4.78 is 0. The Morgan fingerprint density at radius 3 is 2.76 bits per heavy atom. The molecule has 4 nitrogen and oxygen atoms in total. The van der Waals surface area contributed by atoms with Crippen LogP contribution in [0.25, 0.3) is 0 Å². The molecule has 0 atom stereocenters. The van der Waals surface area contributed by atoms with Gasteiger partial charge in [0, 0.05) is 24.5 Å². The first-order chi connectivity index (χ1) is 8.20. The summed E-state index contributed by atoms with van der Waals surface area (Å²) in [5, 5.41) is 3.90. The van der Waals surface area contributed by atoms with Crippen LogP contribution in [-0.2, 0) is 0 Å². The van der Waals surface area contributed by atoms with Crippen LogP contribution < -0.4 is 5.32 Å². The largest absolute Gasteiger partial charge is 0.331 e. The Balaban J connectivity index is 2.21. The zero-order valence-electron chi connectivity index (χ0n) is 9.73. The van der Waals surface area contributed by atoms with E-state index in [1.54, 1.807) is 12.4 Å². The maximum atomic E-state index is 11.6. The van der Waals surface area contributed by atoms with Gasteiger partial charge in [-0.3, -0.25) is 9.78 Å². The molecule has 2 rings (SSSR count). The Morgan fingerprint density at radius 2 is 2.12 bits per heavy atom. The molecule has 2 aromatic rings. The van der Waals surface area contributed by atoms with Gasteiger partial charge in [0.1, 0.15) is 0 Å². The normalized spacial score (nSPS) is 10.2. The second-order valence-electron chi connectivity index (χ2n) is 3.57. The maximum absolute atomic E-state index is 11.6. The van der Waals surface area contributed by atoms with E-state index in [9.17, 15) is 4.79 Å². The Kier molecular flexibility index (Phi) is 3.49. The first-order valence-corrected chi connectivity index (χ1v) is 6.20. The van der Waals surface area contributed by atoms with E-state index in [-0.39, 0.29) is 5.78 Å². The van der Waals surface area contributed by atoms with Crippen molar-refractivity contribution in [3.8, 4) is 0 Å². The van der Waals surface area contributed by atoms with E-state index in [4.69, 9.17) is 0 Å². The summed E-state index contributed by atoms with van der Waals surface area (Å²) in [6.45, 7) is 3.72. The lowest BCUT2D eigenvalue weighted by atomic mass is 10.2. The summed E-state index contributed by atoms with van der Waals surface area (Å²) in [7, 11) is 0. The van der Waals surface area contributed by atoms with Gasteiger partial charge in [-0.1, -0.05) is 18.3 Å². The molecule has 0 aliphatic rings. The van der Waals surface area contributed by atoms with Gasteiger partial charge < -0.3 is 5.32 Å². The van der Waals surface area contributed by atoms with Gasteiger partial charge in [-0.05, 0) is 19.1 Å². The highest BCUT2D eigenvalue weighted by atomic mass is 32.1. The fourth-order valence-electron chi connectivity index (χ4n) is 1.43. The number of hydrogen-bond donors (Lipinski definition) is 1. The molecule has 2 aromatic heterocycles. The number of nitrogens with zero attached hydrogens (tertiary/aromatic N) is 2. The molecule has 2 heterocycles. The minimum absolute atomic E-state index is 0.141. The molecule has 0 aliphatic carbocycles. The number of nitrogens with one attached hydrogen (secondary N) is 1. The molecule has 88 valence electrons. The van der Waals surface area contributed by atoms with Crippen LogP contribution in [0.1, 0.15) is 28.7 Å². The van der Waals surface area contributed by atoms with Crippen molar-refractivity contribution in [2.45, 2.75) is 20.3 Å². The molecule has 0 bridgehead atoms. The third-order valence-corrected chi connectivity index (χ3v) is 3.42. The minimum Gasteiger partial charge on any atom is -0.331 e. The lowest BCUT2D eigenvalue weighted by Gasteiger charge is -1.99. The Bertz CT molecular complexity index is 522. The Hall–Kier alpha value is -1.75. The van der Waals surface area contributed by atoms with Crippen molar-refractivity contribution in [3.63, 3.8) is 0 Å². The summed E-state index contributed by atoms with van der Waals surface area (Å²) in [6.07, 6.45) is 3.93. The molecule has 0 fully saturated rings. The Morgan fingerprint density at radius 1 is 1.41 bits per heavy atom. The fraction of sp³-hybridized carbons (Fsp3) is 0.250. The third-order valence-electron chi connectivity index (χ3n) is 2.30. The van der Waals surface area contributed by atoms with Crippen molar-refractivity contribution >= 4 is 27.9 Å². The van der Waals surface area contributed by atoms with E-state index in [1.807, 2.05) is 26.0 Å². The van der Waals surface area contributed by atoms with Crippen molar-refractivity contribution in [2.24, 2.45) is 0 Å². The van der Waals surface area contributed by atoms with Gasteiger partial charge in [-0.25, -0.2) is 4.98 Å². The Labute approximate surface area is 104 Å². The second-order valence-corrected chi connectivity index (χ2v) is 4.57. The molecule has 0 amide bonds. The van der Waals surface area contributed by atoms with Crippen LogP contribution in [0, 0.1) is 6.92 Å². The van der Waals surface area contributed by atoms with E-state index in [1.165, 1.54) is 11.3 Å². The van der Waals surface area contributed by atoms with Crippen molar-refractivity contribution in [1.29, 1.82) is 0 Å². The van der Waals surface area contributed by atoms with Gasteiger partial charge in [0.05, 0.1) is 10.6 Å². The van der Waals surface area contributed by atoms with Gasteiger partial charge in [0.15, 0.2) is 10.9 Å². The lowest BCUT2D eigenvalue weighted by Crippen LogP contribution is -1.94. The zero-order chi connectivity index (χ0) is 12.3. The van der Waals surface area contributed by atoms with Crippen LogP contribution in [-0.4, -0.2) is 15.8 Å². The van der Waals surface area contributed by atoms with Gasteiger partial charge in [0.2, 0.25) is 0 Å². The van der Waals surface area contributed by atoms with Crippen LogP contribution in [0.15, 0.2) is 24.5 Å². The van der Waals surface area contributed by atoms with Crippen LogP contribution in [0.5, 0.6) is 0 Å². The number of carbonyl (C=O) groups excluding carboxylic acids is 1. The average molecular weight is 247 g/mol. The van der Waals surface area contributed by atoms with Crippen molar-refractivity contribution < 1.29 is 4.79 Å². The molecule has 5 heteroatoms. The van der Waals surface area contributed by atoms with Crippen LogP contribution in [0.3, 0.4) is 0 Å². The zero-order valence-corrected chi connectivity index (χ0v) is 10.5. The highest BCUT2D eigenvalue weighted by Gasteiger charge is 2.13. The minimum atomic E-state index is 0.141. The van der Waals surface area contributed by atoms with Gasteiger partial charge in [-0.15, -0.1) is 0 Å². The molecule has 0 aromatic carbocycles. The quantitative estimate of drug-likeness (QED) is 0.843. The summed E-state index contributed by atoms with van der Waals surface area (Å²) in [6, 6.07) is 3.72. The van der Waals surface area contributed by atoms with E-state index in [2.05, 4.69) is 15.3 Å². The predicted octanol–water partition coefficient (Wildman–Crippen LogP) is 3.18. The molecule has 1 N–H and O–H groups in total. The van der Waals surface area contributed by atoms with E-state index in [0.717, 1.165) is 21.4 Å². The number of aryl methyl sites for hydroxylation is 1. The van der Waals surface area contributed by atoms with Crippen LogP contribution in [0.2, 0.25) is 0 Å².